The number of rotatable bonds is 5. The van der Waals surface area contributed by atoms with Gasteiger partial charge in [0.05, 0.1) is 35.8 Å². The maximum Gasteiger partial charge on any atom is 0.274 e. The van der Waals surface area contributed by atoms with Gasteiger partial charge in [0.1, 0.15) is 10.9 Å². The summed E-state index contributed by atoms with van der Waals surface area (Å²) in [4.78, 5) is 12.0. The smallest absolute Gasteiger partial charge is 0.274 e. The summed E-state index contributed by atoms with van der Waals surface area (Å²) in [6, 6.07) is 9.08. The molecule has 1 N–H and O–H groups in total. The number of hydrogen-bond acceptors (Lipinski definition) is 4. The molecule has 0 fully saturated rings. The minimum Gasteiger partial charge on any atom is -0.469 e. The fraction of sp³-hybridized carbons (Fsp3) is 0.167. The Morgan fingerprint density at radius 1 is 1.31 bits per heavy atom. The quantitative estimate of drug-likeness (QED) is 0.523. The van der Waals surface area contributed by atoms with E-state index < -0.39 is 0 Å². The molecule has 0 bridgehead atoms. The lowest BCUT2D eigenvalue weighted by molar-refractivity contribution is 0.0953. The van der Waals surface area contributed by atoms with Crippen LogP contribution in [0, 0.1) is 13.8 Å². The van der Waals surface area contributed by atoms with Gasteiger partial charge in [-0.2, -0.15) is 10.2 Å². The van der Waals surface area contributed by atoms with Crippen molar-refractivity contribution in [1.29, 1.82) is 0 Å². The van der Waals surface area contributed by atoms with Gasteiger partial charge in [0.2, 0.25) is 0 Å². The first-order valence-corrected chi connectivity index (χ1v) is 8.56. The second-order valence-electron chi connectivity index (χ2n) is 5.63. The van der Waals surface area contributed by atoms with Crippen LogP contribution in [0.1, 0.15) is 32.9 Å². The largest absolute Gasteiger partial charge is 0.469 e. The highest BCUT2D eigenvalue weighted by Crippen LogP contribution is 2.22. The molecule has 2 aromatic heterocycles. The Labute approximate surface area is 160 Å². The summed E-state index contributed by atoms with van der Waals surface area (Å²) in [7, 11) is 0. The highest BCUT2D eigenvalue weighted by Gasteiger charge is 2.14. The van der Waals surface area contributed by atoms with Crippen LogP contribution in [-0.4, -0.2) is 21.9 Å². The van der Waals surface area contributed by atoms with Crippen LogP contribution in [0.2, 0.25) is 10.2 Å². The Hall–Kier alpha value is -2.57. The molecule has 1 aromatic carbocycles. The predicted molar refractivity (Wildman–Crippen MR) is 101 cm³/mol. The first-order valence-electron chi connectivity index (χ1n) is 7.81. The molecule has 0 radical (unpaired) electrons. The second kappa shape index (κ2) is 7.76. The Morgan fingerprint density at radius 3 is 2.77 bits per heavy atom. The highest BCUT2D eigenvalue weighted by molar-refractivity contribution is 6.32. The fourth-order valence-corrected chi connectivity index (χ4v) is 2.92. The molecule has 134 valence electrons. The highest BCUT2D eigenvalue weighted by atomic mass is 35.5. The van der Waals surface area contributed by atoms with Crippen molar-refractivity contribution in [2.45, 2.75) is 20.4 Å². The molecule has 0 unspecified atom stereocenters. The van der Waals surface area contributed by atoms with Crippen molar-refractivity contribution >= 4 is 35.3 Å². The van der Waals surface area contributed by atoms with Crippen molar-refractivity contribution in [1.82, 2.24) is 15.2 Å². The number of halogens is 2. The molecule has 3 rings (SSSR count). The second-order valence-corrected chi connectivity index (χ2v) is 6.39. The lowest BCUT2D eigenvalue weighted by Crippen LogP contribution is -2.17. The van der Waals surface area contributed by atoms with Gasteiger partial charge in [-0.05, 0) is 31.5 Å². The van der Waals surface area contributed by atoms with E-state index >= 15 is 0 Å². The zero-order valence-electron chi connectivity index (χ0n) is 14.2. The first kappa shape index (κ1) is 18.2. The maximum atomic E-state index is 12.0. The Morgan fingerprint density at radius 2 is 2.08 bits per heavy atom. The summed E-state index contributed by atoms with van der Waals surface area (Å²) < 4.78 is 6.74. The van der Waals surface area contributed by atoms with E-state index in [-0.39, 0.29) is 5.91 Å². The van der Waals surface area contributed by atoms with Crippen LogP contribution in [0.3, 0.4) is 0 Å². The van der Waals surface area contributed by atoms with Crippen LogP contribution in [-0.2, 0) is 6.54 Å². The van der Waals surface area contributed by atoms with Crippen LogP contribution in [0.25, 0.3) is 0 Å². The van der Waals surface area contributed by atoms with E-state index in [0.717, 1.165) is 5.56 Å². The summed E-state index contributed by atoms with van der Waals surface area (Å²) in [5.41, 5.74) is 5.11. The van der Waals surface area contributed by atoms with Crippen molar-refractivity contribution in [2.24, 2.45) is 5.10 Å². The summed E-state index contributed by atoms with van der Waals surface area (Å²) in [6.07, 6.45) is 2.93. The molecule has 0 saturated heterocycles. The summed E-state index contributed by atoms with van der Waals surface area (Å²) in [6.45, 7) is 3.96. The van der Waals surface area contributed by atoms with Crippen molar-refractivity contribution in [3.63, 3.8) is 0 Å². The topological polar surface area (TPSA) is 72.4 Å². The van der Waals surface area contributed by atoms with Crippen molar-refractivity contribution in [3.05, 3.63) is 74.9 Å². The SMILES string of the molecule is Cc1nn(Cc2ccccc2Cl)c(Cl)c1/C=N\NC(=O)c1ccoc1C. The number of aromatic nitrogens is 2. The van der Waals surface area contributed by atoms with E-state index in [1.54, 1.807) is 17.7 Å². The molecule has 1 amide bonds. The normalized spacial score (nSPS) is 11.2. The van der Waals surface area contributed by atoms with Gasteiger partial charge in [0.15, 0.2) is 0 Å². The van der Waals surface area contributed by atoms with Gasteiger partial charge in [-0.25, -0.2) is 10.1 Å². The summed E-state index contributed by atoms with van der Waals surface area (Å²) >= 11 is 12.6. The third-order valence-electron chi connectivity index (χ3n) is 3.85. The number of hydrogen-bond donors (Lipinski definition) is 1. The zero-order valence-corrected chi connectivity index (χ0v) is 15.7. The van der Waals surface area contributed by atoms with Gasteiger partial charge in [-0.15, -0.1) is 0 Å². The Bertz CT molecular complexity index is 975. The van der Waals surface area contributed by atoms with Crippen molar-refractivity contribution in [3.8, 4) is 0 Å². The number of benzene rings is 1. The fourth-order valence-electron chi connectivity index (χ4n) is 2.44. The number of aryl methyl sites for hydroxylation is 2. The van der Waals surface area contributed by atoms with Crippen LogP contribution in [0.15, 0.2) is 46.1 Å². The molecular formula is C18H16Cl2N4O2. The lowest BCUT2D eigenvalue weighted by atomic mass is 10.2. The third-order valence-corrected chi connectivity index (χ3v) is 4.62. The molecule has 2 heterocycles. The standard InChI is InChI=1S/C18H16Cl2N4O2/c1-11-15(9-21-22-18(25)14-7-8-26-12(14)2)17(20)24(23-11)10-13-5-3-4-6-16(13)19/h3-9H,10H2,1-2H3,(H,22,25)/b21-9-. The predicted octanol–water partition coefficient (Wildman–Crippen LogP) is 4.21. The summed E-state index contributed by atoms with van der Waals surface area (Å²) in [5.74, 6) is 0.171. The maximum absolute atomic E-state index is 12.0. The molecule has 26 heavy (non-hydrogen) atoms. The number of furan rings is 1. The molecule has 0 saturated carbocycles. The van der Waals surface area contributed by atoms with Gasteiger partial charge in [-0.3, -0.25) is 4.79 Å². The van der Waals surface area contributed by atoms with Gasteiger partial charge in [0.25, 0.3) is 5.91 Å². The van der Waals surface area contributed by atoms with Crippen LogP contribution >= 0.6 is 23.2 Å². The number of nitrogens with one attached hydrogen (secondary N) is 1. The zero-order chi connectivity index (χ0) is 18.7. The van der Waals surface area contributed by atoms with E-state index in [2.05, 4.69) is 15.6 Å². The molecule has 8 heteroatoms. The minimum atomic E-state index is -0.357. The van der Waals surface area contributed by atoms with Crippen LogP contribution < -0.4 is 5.43 Å². The molecule has 0 spiro atoms. The van der Waals surface area contributed by atoms with E-state index in [0.29, 0.717) is 39.3 Å². The Kier molecular flexibility index (Phi) is 5.44. The average molecular weight is 391 g/mol. The number of carbonyl (C=O) groups excluding carboxylic acids is 1. The van der Waals surface area contributed by atoms with Crippen molar-refractivity contribution in [2.75, 3.05) is 0 Å². The molecule has 0 aliphatic heterocycles. The Balaban J connectivity index is 1.75. The first-order chi connectivity index (χ1) is 12.5. The number of amides is 1. The van der Waals surface area contributed by atoms with Crippen LogP contribution in [0.5, 0.6) is 0 Å². The third kappa shape index (κ3) is 3.81. The number of carbonyl (C=O) groups is 1. The van der Waals surface area contributed by atoms with Gasteiger partial charge in [0, 0.05) is 5.02 Å². The van der Waals surface area contributed by atoms with E-state index in [9.17, 15) is 4.79 Å². The van der Waals surface area contributed by atoms with E-state index in [1.807, 2.05) is 31.2 Å². The molecule has 0 aliphatic carbocycles. The van der Waals surface area contributed by atoms with E-state index in [1.165, 1.54) is 12.5 Å². The van der Waals surface area contributed by atoms with Gasteiger partial charge >= 0.3 is 0 Å². The monoisotopic (exact) mass is 390 g/mol. The van der Waals surface area contributed by atoms with Crippen LogP contribution in [0.4, 0.5) is 0 Å². The van der Waals surface area contributed by atoms with Gasteiger partial charge < -0.3 is 4.42 Å². The average Bonchev–Trinajstić information content (AvgIpc) is 3.15. The molecular weight excluding hydrogens is 375 g/mol. The molecule has 6 nitrogen and oxygen atoms in total. The number of hydrazone groups is 1. The molecule has 0 aliphatic rings. The van der Waals surface area contributed by atoms with Gasteiger partial charge in [-0.1, -0.05) is 41.4 Å². The van der Waals surface area contributed by atoms with Crippen molar-refractivity contribution < 1.29 is 9.21 Å². The minimum absolute atomic E-state index is 0.357. The summed E-state index contributed by atoms with van der Waals surface area (Å²) in [5, 5.41) is 9.45. The number of nitrogens with zero attached hydrogens (tertiary/aromatic N) is 3. The van der Waals surface area contributed by atoms with E-state index in [4.69, 9.17) is 27.6 Å². The molecule has 3 aromatic rings. The lowest BCUT2D eigenvalue weighted by Gasteiger charge is -2.05. The molecule has 0 atom stereocenters.